The Bertz CT molecular complexity index is 430. The minimum atomic E-state index is -0.598. The molecule has 2 heterocycles. The summed E-state index contributed by atoms with van der Waals surface area (Å²) in [4.78, 5) is 7.75. The molecule has 92 valence electrons. The Morgan fingerprint density at radius 2 is 1.94 bits per heavy atom. The molecule has 1 N–H and O–H groups in total. The van der Waals surface area contributed by atoms with Crippen molar-refractivity contribution in [1.29, 1.82) is 0 Å². The lowest BCUT2D eigenvalue weighted by Gasteiger charge is -2.11. The van der Waals surface area contributed by atoms with E-state index in [1.165, 1.54) is 0 Å². The van der Waals surface area contributed by atoms with E-state index in [4.69, 9.17) is 11.6 Å². The van der Waals surface area contributed by atoms with E-state index in [-0.39, 0.29) is 0 Å². The smallest absolute Gasteiger partial charge is 0.202 e. The first-order valence-electron chi connectivity index (χ1n) is 5.52. The quantitative estimate of drug-likeness (QED) is 0.915. The van der Waals surface area contributed by atoms with Crippen LogP contribution in [0.4, 0.5) is 0 Å². The van der Waals surface area contributed by atoms with Crippen LogP contribution < -0.4 is 0 Å². The highest BCUT2D eigenvalue weighted by Crippen LogP contribution is 2.16. The van der Waals surface area contributed by atoms with Gasteiger partial charge in [-0.15, -0.1) is 0 Å². The molecule has 2 aromatic heterocycles. The number of nitrogens with zero attached hydrogens (tertiary/aromatic N) is 3. The molecule has 0 fully saturated rings. The van der Waals surface area contributed by atoms with E-state index in [0.29, 0.717) is 11.8 Å². The number of aromatic nitrogens is 3. The van der Waals surface area contributed by atoms with Gasteiger partial charge in [0.15, 0.2) is 0 Å². The highest BCUT2D eigenvalue weighted by molar-refractivity contribution is 6.28. The fraction of sp³-hybridized carbons (Fsp3) is 0.333. The highest BCUT2D eigenvalue weighted by Gasteiger charge is 2.09. The van der Waals surface area contributed by atoms with Crippen LogP contribution in [0.2, 0.25) is 5.28 Å². The summed E-state index contributed by atoms with van der Waals surface area (Å²) in [5.41, 5.74) is 0.815. The molecule has 17 heavy (non-hydrogen) atoms. The number of aliphatic hydroxyl groups is 1. The van der Waals surface area contributed by atoms with Crippen molar-refractivity contribution in [3.8, 4) is 0 Å². The molecule has 0 aliphatic heterocycles. The summed E-state index contributed by atoms with van der Waals surface area (Å²) in [5.74, 6) is 0. The molecule has 2 rings (SSSR count). The predicted octanol–water partition coefficient (Wildman–Crippen LogP) is 2.69. The first-order chi connectivity index (χ1) is 8.27. The Labute approximate surface area is 106 Å². The van der Waals surface area contributed by atoms with E-state index in [0.717, 1.165) is 5.56 Å². The topological polar surface area (TPSA) is 50.9 Å². The second-order valence-electron chi connectivity index (χ2n) is 3.14. The third-order valence-electron chi connectivity index (χ3n) is 2.13. The first kappa shape index (κ1) is 13.7. The van der Waals surface area contributed by atoms with Crippen molar-refractivity contribution in [3.63, 3.8) is 0 Å². The van der Waals surface area contributed by atoms with Crippen LogP contribution in [0, 0.1) is 0 Å². The fourth-order valence-electron chi connectivity index (χ4n) is 1.32. The largest absolute Gasteiger partial charge is 0.387 e. The zero-order valence-electron chi connectivity index (χ0n) is 9.92. The maximum absolute atomic E-state index is 9.88. The van der Waals surface area contributed by atoms with Gasteiger partial charge in [-0.1, -0.05) is 13.8 Å². The molecule has 0 aromatic carbocycles. The van der Waals surface area contributed by atoms with E-state index in [1.54, 1.807) is 41.5 Å². The Morgan fingerprint density at radius 3 is 2.47 bits per heavy atom. The molecule has 2 aromatic rings. The molecule has 0 spiro atoms. The summed E-state index contributed by atoms with van der Waals surface area (Å²) in [7, 11) is 0. The van der Waals surface area contributed by atoms with Crippen LogP contribution in [0.5, 0.6) is 0 Å². The molecule has 5 heteroatoms. The van der Waals surface area contributed by atoms with Gasteiger partial charge in [0.05, 0.1) is 12.6 Å². The zero-order chi connectivity index (χ0) is 12.7. The first-order valence-corrected chi connectivity index (χ1v) is 5.90. The standard InChI is InChI=1S/C10H10ClN3O.C2H6/c11-10-13-5-6-14(10)7-9(15)8-1-3-12-4-2-8;1-2/h1-6,9,15H,7H2;1-2H3. The van der Waals surface area contributed by atoms with Crippen LogP contribution in [-0.2, 0) is 6.54 Å². The van der Waals surface area contributed by atoms with Crippen molar-refractivity contribution in [3.05, 3.63) is 47.8 Å². The number of halogens is 1. The Balaban J connectivity index is 0.000000686. The van der Waals surface area contributed by atoms with Gasteiger partial charge in [-0.05, 0) is 29.3 Å². The summed E-state index contributed by atoms with van der Waals surface area (Å²) >= 11 is 5.80. The zero-order valence-corrected chi connectivity index (χ0v) is 10.7. The molecule has 1 unspecified atom stereocenters. The molecule has 0 bridgehead atoms. The van der Waals surface area contributed by atoms with Crippen LogP contribution in [0.25, 0.3) is 0 Å². The number of pyridine rings is 1. The van der Waals surface area contributed by atoms with Gasteiger partial charge in [-0.3, -0.25) is 4.98 Å². The lowest BCUT2D eigenvalue weighted by Crippen LogP contribution is -2.08. The molecular formula is C12H16ClN3O. The molecule has 0 amide bonds. The molecule has 1 atom stereocenters. The van der Waals surface area contributed by atoms with Crippen LogP contribution in [0.3, 0.4) is 0 Å². The van der Waals surface area contributed by atoms with Crippen molar-refractivity contribution in [2.24, 2.45) is 0 Å². The van der Waals surface area contributed by atoms with Gasteiger partial charge < -0.3 is 9.67 Å². The minimum absolute atomic E-state index is 0.378. The lowest BCUT2D eigenvalue weighted by atomic mass is 10.1. The number of aliphatic hydroxyl groups excluding tert-OH is 1. The summed E-state index contributed by atoms with van der Waals surface area (Å²) in [6.07, 6.45) is 6.02. The fourth-order valence-corrected chi connectivity index (χ4v) is 1.51. The number of rotatable bonds is 3. The molecule has 0 saturated carbocycles. The van der Waals surface area contributed by atoms with Gasteiger partial charge in [-0.25, -0.2) is 4.98 Å². The average Bonchev–Trinajstić information content (AvgIpc) is 2.79. The average molecular weight is 254 g/mol. The van der Waals surface area contributed by atoms with Gasteiger partial charge in [-0.2, -0.15) is 0 Å². The van der Waals surface area contributed by atoms with E-state index in [1.807, 2.05) is 13.8 Å². The maximum Gasteiger partial charge on any atom is 0.202 e. The second-order valence-corrected chi connectivity index (χ2v) is 3.48. The molecule has 0 radical (unpaired) electrons. The molecule has 0 aliphatic carbocycles. The van der Waals surface area contributed by atoms with Crippen LogP contribution in [0.1, 0.15) is 25.5 Å². The highest BCUT2D eigenvalue weighted by atomic mass is 35.5. The van der Waals surface area contributed by atoms with Crippen molar-refractivity contribution < 1.29 is 5.11 Å². The van der Waals surface area contributed by atoms with Crippen molar-refractivity contribution in [2.75, 3.05) is 0 Å². The summed E-state index contributed by atoms with van der Waals surface area (Å²) in [6.45, 7) is 4.39. The van der Waals surface area contributed by atoms with Crippen molar-refractivity contribution in [1.82, 2.24) is 14.5 Å². The normalized spacial score (nSPS) is 11.5. The van der Waals surface area contributed by atoms with Gasteiger partial charge in [0.25, 0.3) is 0 Å². The van der Waals surface area contributed by atoms with Gasteiger partial charge >= 0.3 is 0 Å². The molecule has 4 nitrogen and oxygen atoms in total. The van der Waals surface area contributed by atoms with Gasteiger partial charge in [0.2, 0.25) is 5.28 Å². The number of hydrogen-bond acceptors (Lipinski definition) is 3. The third kappa shape index (κ3) is 3.84. The summed E-state index contributed by atoms with van der Waals surface area (Å²) in [5, 5.41) is 10.3. The Morgan fingerprint density at radius 1 is 1.29 bits per heavy atom. The van der Waals surface area contributed by atoms with E-state index >= 15 is 0 Å². The van der Waals surface area contributed by atoms with Crippen molar-refractivity contribution >= 4 is 11.6 Å². The summed E-state index contributed by atoms with van der Waals surface area (Å²) < 4.78 is 1.69. The predicted molar refractivity (Wildman–Crippen MR) is 67.8 cm³/mol. The Kier molecular flexibility index (Phi) is 5.66. The lowest BCUT2D eigenvalue weighted by molar-refractivity contribution is 0.156. The van der Waals surface area contributed by atoms with Crippen molar-refractivity contribution in [2.45, 2.75) is 26.5 Å². The molecule has 0 aliphatic rings. The van der Waals surface area contributed by atoms with Gasteiger partial charge in [0.1, 0.15) is 0 Å². The van der Waals surface area contributed by atoms with E-state index in [2.05, 4.69) is 9.97 Å². The van der Waals surface area contributed by atoms with Crippen LogP contribution >= 0.6 is 11.6 Å². The number of imidazole rings is 1. The monoisotopic (exact) mass is 253 g/mol. The number of hydrogen-bond donors (Lipinski definition) is 1. The van der Waals surface area contributed by atoms with Gasteiger partial charge in [0, 0.05) is 24.8 Å². The summed E-state index contributed by atoms with van der Waals surface area (Å²) in [6, 6.07) is 3.55. The van der Waals surface area contributed by atoms with E-state index in [9.17, 15) is 5.11 Å². The molecule has 0 saturated heterocycles. The van der Waals surface area contributed by atoms with E-state index < -0.39 is 6.10 Å². The van der Waals surface area contributed by atoms with Crippen LogP contribution in [-0.4, -0.2) is 19.6 Å². The second kappa shape index (κ2) is 7.04. The minimum Gasteiger partial charge on any atom is -0.387 e. The van der Waals surface area contributed by atoms with Crippen LogP contribution in [0.15, 0.2) is 36.9 Å². The SMILES string of the molecule is CC.OC(Cn1ccnc1Cl)c1ccncc1. The molecular weight excluding hydrogens is 238 g/mol. The maximum atomic E-state index is 9.88. The third-order valence-corrected chi connectivity index (χ3v) is 2.44. The Hall–Kier alpha value is -1.39.